The summed E-state index contributed by atoms with van der Waals surface area (Å²) >= 11 is 0. The lowest BCUT2D eigenvalue weighted by molar-refractivity contribution is -0.137. The number of aromatic nitrogens is 4. The summed E-state index contributed by atoms with van der Waals surface area (Å²) in [6.07, 6.45) is 4.08. The Morgan fingerprint density at radius 2 is 1.45 bits per heavy atom. The van der Waals surface area contributed by atoms with Gasteiger partial charge in [0.05, 0.1) is 19.5 Å². The third-order valence-corrected chi connectivity index (χ3v) is 15.1. The summed E-state index contributed by atoms with van der Waals surface area (Å²) in [5.74, 6) is -0.697. The fraction of sp³-hybridized carbons (Fsp3) is 0.682. The first kappa shape index (κ1) is 60.0. The van der Waals surface area contributed by atoms with E-state index in [0.29, 0.717) is 6.42 Å². The van der Waals surface area contributed by atoms with Gasteiger partial charge in [-0.25, -0.2) is 28.6 Å². The van der Waals surface area contributed by atoms with Crippen molar-refractivity contribution in [1.82, 2.24) is 30.2 Å². The van der Waals surface area contributed by atoms with Crippen LogP contribution in [-0.4, -0.2) is 118 Å². The zero-order chi connectivity index (χ0) is 52.8. The van der Waals surface area contributed by atoms with Crippen molar-refractivity contribution in [3.8, 4) is 0 Å². The Labute approximate surface area is 413 Å². The van der Waals surface area contributed by atoms with E-state index in [1.165, 1.54) is 57.1 Å². The third kappa shape index (κ3) is 19.7. The number of nitrogens with one attached hydrogen (secondary N) is 2. The summed E-state index contributed by atoms with van der Waals surface area (Å²) in [6.45, 7) is 8.71. The number of fused-ring (bicyclic) bond motifs is 1. The van der Waals surface area contributed by atoms with E-state index in [9.17, 15) is 57.9 Å². The number of amides is 2. The fourth-order valence-corrected chi connectivity index (χ4v) is 10.6. The Morgan fingerprint density at radius 1 is 0.845 bits per heavy atom. The number of aryl methyl sites for hydroxylation is 2. The number of unbranched alkanes of at least 4 members (excludes halogenated alkanes) is 4. The number of carbonyl (C=O) groups is 3. The lowest BCUT2D eigenvalue weighted by atomic mass is 9.81. The highest BCUT2D eigenvalue weighted by atomic mass is 31.3. The number of imidazole rings is 1. The number of aliphatic hydroxyl groups excluding tert-OH is 2. The number of carbonyl (C=O) groups excluding carboxylic acids is 3. The second kappa shape index (κ2) is 26.6. The normalized spacial score (nSPS) is 19.9. The van der Waals surface area contributed by atoms with Gasteiger partial charge in [0.15, 0.2) is 17.7 Å². The standard InChI is InChI=1S/C44H72N7O17P3/c1-29(2)13-9-7-8-10-14-30-16-18-31(19-17-30)15-11-12-22-43(3,4)33(52)20-23-46-34(53)21-24-47-41(56)38(55)44(5,6)26-65-71(62,63)68-70(60,61)64-25-32-37(67-69(57,58)59)36(54)42(66-32)51-28-50-35-39(45)48-27-49-40(35)51/h16-19,27-29,32,36-38,42,54-55H,7-15,20-26H2,1-6H3,(H,46,53)(H,47,56)(H,60,61)(H,62,63)(H2,45,48,49)(H2,57,58,59). The minimum absolute atomic E-state index is 0.0145. The highest BCUT2D eigenvalue weighted by Gasteiger charge is 2.50. The molecule has 71 heavy (non-hydrogen) atoms. The lowest BCUT2D eigenvalue weighted by Gasteiger charge is -2.30. The Morgan fingerprint density at radius 3 is 2.08 bits per heavy atom. The minimum Gasteiger partial charge on any atom is -0.386 e. The number of nitrogen functional groups attached to an aromatic ring is 1. The number of nitrogens with two attached hydrogens (primary N) is 1. The number of nitrogens with zero attached hydrogens (tertiary/aromatic N) is 4. The topological polar surface area (TPSA) is 364 Å². The molecule has 2 aromatic heterocycles. The quantitative estimate of drug-likeness (QED) is 0.0295. The van der Waals surface area contributed by atoms with Gasteiger partial charge in [0, 0.05) is 36.8 Å². The van der Waals surface area contributed by atoms with Crippen molar-refractivity contribution in [3.63, 3.8) is 0 Å². The second-order valence-electron chi connectivity index (χ2n) is 19.5. The molecule has 1 saturated heterocycles. The zero-order valence-electron chi connectivity index (χ0n) is 41.1. The van der Waals surface area contributed by atoms with Crippen LogP contribution in [0.1, 0.15) is 123 Å². The van der Waals surface area contributed by atoms with E-state index in [4.69, 9.17) is 19.5 Å². The van der Waals surface area contributed by atoms with E-state index >= 15 is 0 Å². The highest BCUT2D eigenvalue weighted by molar-refractivity contribution is 7.61. The number of Topliss-reactive ketones (excluding diaryl/α,β-unsaturated/α-hetero) is 1. The van der Waals surface area contributed by atoms with Crippen LogP contribution >= 0.6 is 23.5 Å². The van der Waals surface area contributed by atoms with E-state index in [1.807, 2.05) is 13.8 Å². The predicted octanol–water partition coefficient (Wildman–Crippen LogP) is 4.95. The smallest absolute Gasteiger partial charge is 0.386 e. The molecular weight excluding hydrogens is 991 g/mol. The third-order valence-electron chi connectivity index (χ3n) is 12.0. The Balaban J connectivity index is 1.13. The van der Waals surface area contributed by atoms with Gasteiger partial charge in [-0.2, -0.15) is 4.31 Å². The summed E-state index contributed by atoms with van der Waals surface area (Å²) < 4.78 is 62.6. The second-order valence-corrected chi connectivity index (χ2v) is 23.7. The van der Waals surface area contributed by atoms with Crippen molar-refractivity contribution < 1.29 is 80.5 Å². The Kier molecular flexibility index (Phi) is 22.5. The molecule has 7 atom stereocenters. The summed E-state index contributed by atoms with van der Waals surface area (Å²) in [6, 6.07) is 8.83. The molecule has 7 unspecified atom stereocenters. The number of aliphatic hydroxyl groups is 2. The van der Waals surface area contributed by atoms with Gasteiger partial charge in [-0.05, 0) is 49.1 Å². The van der Waals surface area contributed by atoms with Crippen molar-refractivity contribution in [3.05, 3.63) is 48.0 Å². The van der Waals surface area contributed by atoms with Crippen LogP contribution in [0.5, 0.6) is 0 Å². The van der Waals surface area contributed by atoms with Crippen molar-refractivity contribution in [2.75, 3.05) is 32.0 Å². The number of ketones is 1. The number of hydrogen-bond donors (Lipinski definition) is 9. The van der Waals surface area contributed by atoms with Crippen LogP contribution in [0.25, 0.3) is 11.2 Å². The molecule has 4 rings (SSSR count). The molecule has 0 saturated carbocycles. The highest BCUT2D eigenvalue weighted by Crippen LogP contribution is 2.61. The molecule has 1 aliphatic heterocycles. The van der Waals surface area contributed by atoms with Gasteiger partial charge in [-0.1, -0.05) is 97.9 Å². The molecule has 0 radical (unpaired) electrons. The number of anilines is 1. The fourth-order valence-electron chi connectivity index (χ4n) is 7.74. The molecule has 400 valence electrons. The summed E-state index contributed by atoms with van der Waals surface area (Å²) in [5.41, 5.74) is 6.34. The Bertz CT molecular complexity index is 2360. The maximum absolute atomic E-state index is 13.0. The molecule has 3 heterocycles. The first-order valence-electron chi connectivity index (χ1n) is 23.6. The van der Waals surface area contributed by atoms with Gasteiger partial charge >= 0.3 is 23.5 Å². The number of ether oxygens (including phenoxy) is 1. The van der Waals surface area contributed by atoms with Gasteiger partial charge in [0.25, 0.3) is 0 Å². The maximum atomic E-state index is 13.0. The van der Waals surface area contributed by atoms with Gasteiger partial charge in [0.2, 0.25) is 11.8 Å². The molecule has 1 fully saturated rings. The van der Waals surface area contributed by atoms with Crippen molar-refractivity contribution in [2.45, 2.75) is 149 Å². The molecule has 0 aliphatic carbocycles. The average molecular weight is 1060 g/mol. The number of hydrogen-bond acceptors (Lipinski definition) is 17. The van der Waals surface area contributed by atoms with E-state index in [0.717, 1.165) is 48.8 Å². The number of rotatable bonds is 32. The maximum Gasteiger partial charge on any atom is 0.481 e. The van der Waals surface area contributed by atoms with Gasteiger partial charge in [-0.15, -0.1) is 0 Å². The molecule has 3 aromatic rings. The molecule has 0 spiro atoms. The molecule has 2 amide bonds. The van der Waals surface area contributed by atoms with Crippen LogP contribution in [0.15, 0.2) is 36.9 Å². The molecule has 1 aromatic carbocycles. The van der Waals surface area contributed by atoms with Crippen LogP contribution in [0.4, 0.5) is 5.82 Å². The number of phosphoric acid groups is 3. The van der Waals surface area contributed by atoms with E-state index in [2.05, 4.69) is 72.5 Å². The zero-order valence-corrected chi connectivity index (χ0v) is 43.8. The van der Waals surface area contributed by atoms with Crippen LogP contribution < -0.4 is 16.4 Å². The monoisotopic (exact) mass is 1060 g/mol. The van der Waals surface area contributed by atoms with Gasteiger partial charge in [0.1, 0.15) is 42.0 Å². The van der Waals surface area contributed by atoms with Crippen LogP contribution in [0.3, 0.4) is 0 Å². The van der Waals surface area contributed by atoms with E-state index in [-0.39, 0.29) is 48.7 Å². The summed E-state index contributed by atoms with van der Waals surface area (Å²) in [4.78, 5) is 89.6. The molecular formula is C44H72N7O17P3. The number of benzene rings is 1. The lowest BCUT2D eigenvalue weighted by Crippen LogP contribution is -2.46. The van der Waals surface area contributed by atoms with Crippen molar-refractivity contribution in [1.29, 1.82) is 0 Å². The van der Waals surface area contributed by atoms with Crippen molar-refractivity contribution in [2.24, 2.45) is 16.7 Å². The average Bonchev–Trinajstić information content (AvgIpc) is 3.84. The molecule has 24 nitrogen and oxygen atoms in total. The Hall–Kier alpha value is -3.57. The number of phosphoric ester groups is 3. The molecule has 1 aliphatic rings. The van der Waals surface area contributed by atoms with Crippen LogP contribution in [0.2, 0.25) is 0 Å². The van der Waals surface area contributed by atoms with Crippen LogP contribution in [-0.2, 0) is 63.5 Å². The summed E-state index contributed by atoms with van der Waals surface area (Å²) in [7, 11) is -16.4. The largest absolute Gasteiger partial charge is 0.481 e. The minimum atomic E-state index is -5.59. The molecule has 0 bridgehead atoms. The molecule has 27 heteroatoms. The predicted molar refractivity (Wildman–Crippen MR) is 259 cm³/mol. The van der Waals surface area contributed by atoms with E-state index < -0.39 is 90.0 Å². The first-order chi connectivity index (χ1) is 33.1. The van der Waals surface area contributed by atoms with Gasteiger partial charge in [-0.3, -0.25) is 32.5 Å². The van der Waals surface area contributed by atoms with Crippen LogP contribution in [0, 0.1) is 16.7 Å². The van der Waals surface area contributed by atoms with Gasteiger partial charge < -0.3 is 50.9 Å². The van der Waals surface area contributed by atoms with E-state index in [1.54, 1.807) is 0 Å². The molecule has 10 N–H and O–H groups in total. The first-order valence-corrected chi connectivity index (χ1v) is 28.1. The van der Waals surface area contributed by atoms with Crippen molar-refractivity contribution >= 4 is 58.0 Å². The SMILES string of the molecule is CC(C)CCCCCCc1ccc(CCCCC(C)(C)C(=O)CCNC(=O)CCNC(=O)C(O)C(C)(C)COP(=O)(O)OP(=O)(O)OCC2OC(n3cnc4c(N)ncnc43)C(O)C2OP(=O)(O)O)cc1. The summed E-state index contributed by atoms with van der Waals surface area (Å²) in [5, 5.41) is 26.7.